The zero-order valence-corrected chi connectivity index (χ0v) is 20.6. The van der Waals surface area contributed by atoms with Gasteiger partial charge < -0.3 is 9.47 Å². The normalized spacial score (nSPS) is 14.8. The van der Waals surface area contributed by atoms with E-state index < -0.39 is 0 Å². The van der Waals surface area contributed by atoms with Crippen LogP contribution < -0.4 is 14.4 Å². The molecule has 0 unspecified atom stereocenters. The number of carbonyl (C=O) groups is 1. The lowest BCUT2D eigenvalue weighted by molar-refractivity contribution is -0.113. The van der Waals surface area contributed by atoms with Crippen molar-refractivity contribution in [1.82, 2.24) is 0 Å². The third-order valence-electron chi connectivity index (χ3n) is 4.94. The monoisotopic (exact) mass is 495 g/mol. The number of anilines is 1. The van der Waals surface area contributed by atoms with E-state index in [4.69, 9.17) is 33.3 Å². The first kappa shape index (κ1) is 23.4. The van der Waals surface area contributed by atoms with Gasteiger partial charge in [-0.15, -0.1) is 0 Å². The third-order valence-corrected chi connectivity index (χ3v) is 6.52. The average Bonchev–Trinajstić information content (AvgIpc) is 3.08. The highest BCUT2D eigenvalue weighted by molar-refractivity contribution is 8.27. The first-order valence-electron chi connectivity index (χ1n) is 10.4. The highest BCUT2D eigenvalue weighted by Gasteiger charge is 2.33. The molecular weight excluding hydrogens is 474 g/mol. The summed E-state index contributed by atoms with van der Waals surface area (Å²) in [4.78, 5) is 15.1. The second kappa shape index (κ2) is 10.4. The van der Waals surface area contributed by atoms with Crippen LogP contribution in [0, 0.1) is 6.92 Å². The minimum Gasteiger partial charge on any atom is -0.490 e. The van der Waals surface area contributed by atoms with Gasteiger partial charge in [0.1, 0.15) is 6.61 Å². The van der Waals surface area contributed by atoms with Gasteiger partial charge in [0, 0.05) is 0 Å². The van der Waals surface area contributed by atoms with Crippen molar-refractivity contribution in [1.29, 1.82) is 0 Å². The zero-order chi connectivity index (χ0) is 23.4. The molecule has 4 rings (SSSR count). The molecule has 0 atom stereocenters. The van der Waals surface area contributed by atoms with Crippen molar-refractivity contribution >= 4 is 57.6 Å². The van der Waals surface area contributed by atoms with Crippen LogP contribution in [0.5, 0.6) is 11.5 Å². The molecule has 1 aliphatic heterocycles. The quantitative estimate of drug-likeness (QED) is 0.260. The Hall–Kier alpha value is -2.80. The third kappa shape index (κ3) is 5.41. The smallest absolute Gasteiger partial charge is 0.270 e. The van der Waals surface area contributed by atoms with E-state index in [2.05, 4.69) is 0 Å². The van der Waals surface area contributed by atoms with E-state index in [1.165, 1.54) is 22.2 Å². The molecule has 1 amide bonds. The fourth-order valence-electron chi connectivity index (χ4n) is 3.33. The standard InChI is InChI=1S/C26H22ClNO3S2/c1-3-30-22-14-19(13-21(27)24(22)31-16-18-11-9-17(2)10-12-18)15-23-25(29)28(26(32)33-23)20-7-5-4-6-8-20/h4-15H,3,16H2,1-2H3/b23-15+. The van der Waals surface area contributed by atoms with E-state index in [-0.39, 0.29) is 5.91 Å². The van der Waals surface area contributed by atoms with Gasteiger partial charge in [-0.25, -0.2) is 0 Å². The lowest BCUT2D eigenvalue weighted by Gasteiger charge is -2.15. The fourth-order valence-corrected chi connectivity index (χ4v) is 4.91. The van der Waals surface area contributed by atoms with Crippen molar-refractivity contribution in [2.75, 3.05) is 11.5 Å². The molecular formula is C26H22ClNO3S2. The van der Waals surface area contributed by atoms with Crippen molar-refractivity contribution in [2.45, 2.75) is 20.5 Å². The van der Waals surface area contributed by atoms with Crippen LogP contribution in [0.3, 0.4) is 0 Å². The number of ether oxygens (including phenoxy) is 2. The summed E-state index contributed by atoms with van der Waals surface area (Å²) < 4.78 is 12.3. The molecule has 0 N–H and O–H groups in total. The number of carbonyl (C=O) groups excluding carboxylic acids is 1. The van der Waals surface area contributed by atoms with Crippen LogP contribution in [0.2, 0.25) is 5.02 Å². The van der Waals surface area contributed by atoms with E-state index >= 15 is 0 Å². The van der Waals surface area contributed by atoms with Gasteiger partial charge in [-0.3, -0.25) is 9.69 Å². The van der Waals surface area contributed by atoms with E-state index in [9.17, 15) is 4.79 Å². The number of benzene rings is 3. The van der Waals surface area contributed by atoms with Crippen LogP contribution in [0.15, 0.2) is 71.6 Å². The lowest BCUT2D eigenvalue weighted by Crippen LogP contribution is -2.27. The van der Waals surface area contributed by atoms with Gasteiger partial charge in [0.05, 0.1) is 22.2 Å². The minimum atomic E-state index is -0.162. The minimum absolute atomic E-state index is 0.162. The summed E-state index contributed by atoms with van der Waals surface area (Å²) in [6.45, 7) is 4.77. The summed E-state index contributed by atoms with van der Waals surface area (Å²) in [6, 6.07) is 21.1. The van der Waals surface area contributed by atoms with E-state index in [0.29, 0.717) is 39.0 Å². The lowest BCUT2D eigenvalue weighted by atomic mass is 10.1. The first-order chi connectivity index (χ1) is 16.0. The molecule has 0 saturated carbocycles. The summed E-state index contributed by atoms with van der Waals surface area (Å²) in [7, 11) is 0. The molecule has 7 heteroatoms. The van der Waals surface area contributed by atoms with Gasteiger partial charge in [0.2, 0.25) is 0 Å². The Kier molecular flexibility index (Phi) is 7.38. The van der Waals surface area contributed by atoms with Crippen molar-refractivity contribution in [3.8, 4) is 11.5 Å². The number of thioether (sulfide) groups is 1. The maximum Gasteiger partial charge on any atom is 0.270 e. The Morgan fingerprint density at radius 2 is 1.79 bits per heavy atom. The molecule has 1 saturated heterocycles. The zero-order valence-electron chi connectivity index (χ0n) is 18.2. The molecule has 0 aromatic heterocycles. The maximum atomic E-state index is 13.0. The average molecular weight is 496 g/mol. The molecule has 0 bridgehead atoms. The van der Waals surface area contributed by atoms with Crippen molar-refractivity contribution < 1.29 is 14.3 Å². The number of halogens is 1. The molecule has 168 valence electrons. The maximum absolute atomic E-state index is 13.0. The highest BCUT2D eigenvalue weighted by Crippen LogP contribution is 2.40. The number of amides is 1. The van der Waals surface area contributed by atoms with E-state index in [0.717, 1.165) is 16.8 Å². The number of hydrogen-bond donors (Lipinski definition) is 0. The number of para-hydroxylation sites is 1. The molecule has 33 heavy (non-hydrogen) atoms. The second-order valence-electron chi connectivity index (χ2n) is 7.39. The Morgan fingerprint density at radius 1 is 1.06 bits per heavy atom. The molecule has 0 aliphatic carbocycles. The molecule has 1 heterocycles. The summed E-state index contributed by atoms with van der Waals surface area (Å²) in [5, 5.41) is 0.415. The fraction of sp³-hybridized carbons (Fsp3) is 0.154. The highest BCUT2D eigenvalue weighted by atomic mass is 35.5. The molecule has 0 spiro atoms. The van der Waals surface area contributed by atoms with Gasteiger partial charge in [0.15, 0.2) is 15.8 Å². The van der Waals surface area contributed by atoms with E-state index in [1.807, 2.05) is 74.5 Å². The van der Waals surface area contributed by atoms with Crippen LogP contribution >= 0.6 is 35.6 Å². The summed E-state index contributed by atoms with van der Waals surface area (Å²) in [6.07, 6.45) is 1.78. The number of aryl methyl sites for hydroxylation is 1. The predicted molar refractivity (Wildman–Crippen MR) is 140 cm³/mol. The first-order valence-corrected chi connectivity index (χ1v) is 12.0. The number of thiocarbonyl (C=S) groups is 1. The van der Waals surface area contributed by atoms with Crippen LogP contribution in [-0.4, -0.2) is 16.8 Å². The van der Waals surface area contributed by atoms with Crippen LogP contribution in [0.4, 0.5) is 5.69 Å². The van der Waals surface area contributed by atoms with Crippen molar-refractivity contribution in [2.24, 2.45) is 0 Å². The molecule has 1 aliphatic rings. The van der Waals surface area contributed by atoms with Crippen LogP contribution in [-0.2, 0) is 11.4 Å². The topological polar surface area (TPSA) is 38.8 Å². The molecule has 1 fully saturated rings. The van der Waals surface area contributed by atoms with Gasteiger partial charge >= 0.3 is 0 Å². The van der Waals surface area contributed by atoms with Crippen LogP contribution in [0.25, 0.3) is 6.08 Å². The van der Waals surface area contributed by atoms with Crippen molar-refractivity contribution in [3.05, 3.63) is 93.3 Å². The summed E-state index contributed by atoms with van der Waals surface area (Å²) in [5.41, 5.74) is 3.71. The van der Waals surface area contributed by atoms with Gasteiger partial charge in [0.25, 0.3) is 5.91 Å². The number of rotatable bonds is 7. The van der Waals surface area contributed by atoms with Crippen LogP contribution in [0.1, 0.15) is 23.6 Å². The van der Waals surface area contributed by atoms with E-state index in [1.54, 1.807) is 12.1 Å². The van der Waals surface area contributed by atoms with Gasteiger partial charge in [-0.2, -0.15) is 0 Å². The SMILES string of the molecule is CCOc1cc(/C=C2/SC(=S)N(c3ccccc3)C2=O)cc(Cl)c1OCc1ccc(C)cc1. The Labute approximate surface area is 208 Å². The van der Waals surface area contributed by atoms with Crippen molar-refractivity contribution in [3.63, 3.8) is 0 Å². The Balaban J connectivity index is 1.59. The van der Waals surface area contributed by atoms with Gasteiger partial charge in [-0.05, 0) is 55.3 Å². The molecule has 3 aromatic rings. The molecule has 4 nitrogen and oxygen atoms in total. The Morgan fingerprint density at radius 3 is 2.48 bits per heavy atom. The predicted octanol–water partition coefficient (Wildman–Crippen LogP) is 7.03. The second-order valence-corrected chi connectivity index (χ2v) is 9.47. The molecule has 0 radical (unpaired) electrons. The van der Waals surface area contributed by atoms with Gasteiger partial charge in [-0.1, -0.05) is 83.6 Å². The summed E-state index contributed by atoms with van der Waals surface area (Å²) in [5.74, 6) is 0.847. The Bertz CT molecular complexity index is 1210. The molecule has 3 aromatic carbocycles. The number of hydrogen-bond acceptors (Lipinski definition) is 5. The largest absolute Gasteiger partial charge is 0.490 e. The summed E-state index contributed by atoms with van der Waals surface area (Å²) >= 11 is 13.3. The number of nitrogens with zero attached hydrogens (tertiary/aromatic N) is 1.